The van der Waals surface area contributed by atoms with Gasteiger partial charge in [0, 0.05) is 5.56 Å². The standard InChI is InChI=1S/C21H16N2O2S2/c1-11-7-8-12(2)17-16(11)22-18(20(26)23-17)19-14(9-10-27-19)13-5-3-4-6-15(13)21(24)25/h3-10H,1-2H3,(H,23,26)(H,24,25). The van der Waals surface area contributed by atoms with Crippen LogP contribution in [-0.4, -0.2) is 21.0 Å². The average molecular weight is 393 g/mol. The summed E-state index contributed by atoms with van der Waals surface area (Å²) in [7, 11) is 0. The molecule has 0 unspecified atom stereocenters. The van der Waals surface area contributed by atoms with Crippen molar-refractivity contribution in [3.05, 3.63) is 69.2 Å². The van der Waals surface area contributed by atoms with Gasteiger partial charge in [-0.1, -0.05) is 42.5 Å². The Balaban J connectivity index is 1.99. The highest BCUT2D eigenvalue weighted by Crippen LogP contribution is 2.38. The number of rotatable bonds is 3. The van der Waals surface area contributed by atoms with Gasteiger partial charge in [0.25, 0.3) is 0 Å². The first-order valence-electron chi connectivity index (χ1n) is 8.38. The first-order chi connectivity index (χ1) is 13.0. The predicted molar refractivity (Wildman–Crippen MR) is 112 cm³/mol. The van der Waals surface area contributed by atoms with Crippen LogP contribution < -0.4 is 0 Å². The number of aromatic carboxylic acids is 1. The summed E-state index contributed by atoms with van der Waals surface area (Å²) >= 11 is 7.11. The first kappa shape index (κ1) is 17.6. The van der Waals surface area contributed by atoms with Crippen LogP contribution in [0.5, 0.6) is 0 Å². The highest BCUT2D eigenvalue weighted by atomic mass is 32.1. The van der Waals surface area contributed by atoms with Gasteiger partial charge in [0.2, 0.25) is 0 Å². The molecule has 0 radical (unpaired) electrons. The molecule has 4 nitrogen and oxygen atoms in total. The van der Waals surface area contributed by atoms with Crippen molar-refractivity contribution in [2.24, 2.45) is 0 Å². The molecule has 0 amide bonds. The summed E-state index contributed by atoms with van der Waals surface area (Å²) < 4.78 is 0.549. The molecule has 0 bridgehead atoms. The molecule has 0 fully saturated rings. The molecule has 2 aromatic heterocycles. The highest BCUT2D eigenvalue weighted by Gasteiger charge is 2.18. The minimum absolute atomic E-state index is 0.264. The summed E-state index contributed by atoms with van der Waals surface area (Å²) in [6.45, 7) is 4.04. The Morgan fingerprint density at radius 1 is 1.07 bits per heavy atom. The Labute approximate surface area is 165 Å². The second-order valence-corrected chi connectivity index (χ2v) is 7.68. The largest absolute Gasteiger partial charge is 0.478 e. The topological polar surface area (TPSA) is 66.0 Å². The van der Waals surface area contributed by atoms with Crippen molar-refractivity contribution >= 4 is 40.6 Å². The van der Waals surface area contributed by atoms with Gasteiger partial charge in [0.05, 0.1) is 21.5 Å². The molecule has 134 valence electrons. The number of hydrogen-bond donors (Lipinski definition) is 2. The Hall–Kier alpha value is -2.83. The molecule has 0 spiro atoms. The molecule has 27 heavy (non-hydrogen) atoms. The van der Waals surface area contributed by atoms with Crippen LogP contribution in [-0.2, 0) is 0 Å². The van der Waals surface area contributed by atoms with E-state index in [0.717, 1.165) is 32.6 Å². The average Bonchev–Trinajstić information content (AvgIpc) is 3.14. The molecule has 0 aliphatic rings. The molecule has 2 aromatic carbocycles. The van der Waals surface area contributed by atoms with E-state index in [2.05, 4.69) is 4.98 Å². The van der Waals surface area contributed by atoms with Crippen LogP contribution in [0.2, 0.25) is 0 Å². The molecule has 0 atom stereocenters. The van der Waals surface area contributed by atoms with Gasteiger partial charge in [-0.3, -0.25) is 0 Å². The zero-order valence-electron chi connectivity index (χ0n) is 14.7. The molecule has 6 heteroatoms. The lowest BCUT2D eigenvalue weighted by Gasteiger charge is -2.10. The summed E-state index contributed by atoms with van der Waals surface area (Å²) in [4.78, 5) is 20.7. The van der Waals surface area contributed by atoms with Crippen LogP contribution in [0.15, 0.2) is 47.8 Å². The molecule has 0 saturated carbocycles. The van der Waals surface area contributed by atoms with E-state index in [1.54, 1.807) is 12.1 Å². The van der Waals surface area contributed by atoms with Crippen LogP contribution >= 0.6 is 23.6 Å². The van der Waals surface area contributed by atoms with Crippen LogP contribution in [0, 0.1) is 18.5 Å². The number of nitrogens with zero attached hydrogens (tertiary/aromatic N) is 1. The van der Waals surface area contributed by atoms with E-state index in [9.17, 15) is 9.90 Å². The number of fused-ring (bicyclic) bond motifs is 1. The number of benzene rings is 2. The Morgan fingerprint density at radius 3 is 2.59 bits per heavy atom. The van der Waals surface area contributed by atoms with Crippen molar-refractivity contribution < 1.29 is 9.90 Å². The third kappa shape index (κ3) is 2.97. The zero-order valence-corrected chi connectivity index (χ0v) is 16.4. The van der Waals surface area contributed by atoms with Crippen LogP contribution in [0.25, 0.3) is 32.7 Å². The first-order valence-corrected chi connectivity index (χ1v) is 9.67. The van der Waals surface area contributed by atoms with Gasteiger partial charge < -0.3 is 10.1 Å². The molecule has 0 aliphatic heterocycles. The monoisotopic (exact) mass is 392 g/mol. The van der Waals surface area contributed by atoms with Crippen molar-refractivity contribution in [1.29, 1.82) is 0 Å². The van der Waals surface area contributed by atoms with Crippen molar-refractivity contribution in [1.82, 2.24) is 9.97 Å². The van der Waals surface area contributed by atoms with Gasteiger partial charge in [0.15, 0.2) is 0 Å². The van der Waals surface area contributed by atoms with E-state index in [4.69, 9.17) is 17.2 Å². The number of carboxylic acid groups (broad SMARTS) is 1. The normalized spacial score (nSPS) is 11.0. The van der Waals surface area contributed by atoms with Crippen LogP contribution in [0.4, 0.5) is 0 Å². The van der Waals surface area contributed by atoms with Crippen molar-refractivity contribution in [3.63, 3.8) is 0 Å². The molecule has 0 aliphatic carbocycles. The maximum atomic E-state index is 11.6. The number of hydrogen-bond acceptors (Lipinski definition) is 4. The fourth-order valence-corrected chi connectivity index (χ4v) is 4.42. The lowest BCUT2D eigenvalue weighted by atomic mass is 9.99. The van der Waals surface area contributed by atoms with Crippen molar-refractivity contribution in [3.8, 4) is 21.7 Å². The maximum absolute atomic E-state index is 11.6. The molecule has 4 aromatic rings. The van der Waals surface area contributed by atoms with Gasteiger partial charge in [-0.2, -0.15) is 0 Å². The van der Waals surface area contributed by atoms with E-state index in [-0.39, 0.29) is 5.56 Å². The summed E-state index contributed by atoms with van der Waals surface area (Å²) in [5, 5.41) is 11.5. The van der Waals surface area contributed by atoms with E-state index in [0.29, 0.717) is 15.9 Å². The molecule has 0 saturated heterocycles. The number of carboxylic acids is 1. The summed E-state index contributed by atoms with van der Waals surface area (Å²) in [6, 6.07) is 13.0. The minimum atomic E-state index is -0.953. The number of thiophene rings is 1. The molecule has 2 N–H and O–H groups in total. The summed E-state index contributed by atoms with van der Waals surface area (Å²) in [6.07, 6.45) is 0. The van der Waals surface area contributed by atoms with Gasteiger partial charge in [-0.15, -0.1) is 11.3 Å². The number of nitrogens with one attached hydrogen (secondary N) is 1. The van der Waals surface area contributed by atoms with Crippen LogP contribution in [0.1, 0.15) is 21.5 Å². The lowest BCUT2D eigenvalue weighted by Crippen LogP contribution is -1.99. The lowest BCUT2D eigenvalue weighted by molar-refractivity contribution is 0.0697. The molecule has 2 heterocycles. The number of H-pyrrole nitrogens is 1. The van der Waals surface area contributed by atoms with Crippen molar-refractivity contribution in [2.45, 2.75) is 13.8 Å². The Morgan fingerprint density at radius 2 is 1.81 bits per heavy atom. The predicted octanol–water partition coefficient (Wildman–Crippen LogP) is 6.00. The number of aryl methyl sites for hydroxylation is 2. The third-order valence-corrected chi connectivity index (χ3v) is 5.81. The minimum Gasteiger partial charge on any atom is -0.478 e. The van der Waals surface area contributed by atoms with E-state index in [1.165, 1.54) is 11.3 Å². The number of aromatic amines is 1. The molecular formula is C21H16N2O2S2. The number of aromatic nitrogens is 2. The summed E-state index contributed by atoms with van der Waals surface area (Å²) in [5.74, 6) is -0.953. The van der Waals surface area contributed by atoms with Crippen molar-refractivity contribution in [2.75, 3.05) is 0 Å². The third-order valence-electron chi connectivity index (χ3n) is 4.59. The van der Waals surface area contributed by atoms with Crippen LogP contribution in [0.3, 0.4) is 0 Å². The summed E-state index contributed by atoms with van der Waals surface area (Å²) in [5.41, 5.74) is 6.40. The Bertz CT molecular complexity index is 1250. The zero-order chi connectivity index (χ0) is 19.1. The Kier molecular flexibility index (Phi) is 4.37. The van der Waals surface area contributed by atoms with E-state index >= 15 is 0 Å². The number of carbonyl (C=O) groups is 1. The second-order valence-electron chi connectivity index (χ2n) is 6.35. The van der Waals surface area contributed by atoms with Gasteiger partial charge in [-0.05, 0) is 48.1 Å². The van der Waals surface area contributed by atoms with E-state index in [1.807, 2.05) is 49.6 Å². The molecule has 4 rings (SSSR count). The highest BCUT2D eigenvalue weighted by molar-refractivity contribution is 7.71. The second kappa shape index (κ2) is 6.72. The van der Waals surface area contributed by atoms with Gasteiger partial charge >= 0.3 is 5.97 Å². The maximum Gasteiger partial charge on any atom is 0.336 e. The fourth-order valence-electron chi connectivity index (χ4n) is 3.20. The molecular weight excluding hydrogens is 376 g/mol. The van der Waals surface area contributed by atoms with Gasteiger partial charge in [-0.25, -0.2) is 9.78 Å². The van der Waals surface area contributed by atoms with E-state index < -0.39 is 5.97 Å². The quantitative estimate of drug-likeness (QED) is 0.420. The fraction of sp³-hybridized carbons (Fsp3) is 0.0952. The SMILES string of the molecule is Cc1ccc(C)c2[nH]c(=S)c(-c3sccc3-c3ccccc3C(=O)O)nc12. The van der Waals surface area contributed by atoms with Gasteiger partial charge in [0.1, 0.15) is 10.3 Å². The smallest absolute Gasteiger partial charge is 0.336 e.